The highest BCUT2D eigenvalue weighted by molar-refractivity contribution is 5.69. The lowest BCUT2D eigenvalue weighted by Gasteiger charge is -2.20. The van der Waals surface area contributed by atoms with Crippen LogP contribution in [0.1, 0.15) is 41.1 Å². The Morgan fingerprint density at radius 2 is 1.83 bits per heavy atom. The highest BCUT2D eigenvalue weighted by atomic mass is 16.5. The van der Waals surface area contributed by atoms with Crippen LogP contribution in [0, 0.1) is 20.8 Å². The first kappa shape index (κ1) is 14.7. The van der Waals surface area contributed by atoms with Crippen LogP contribution in [0.4, 0.5) is 0 Å². The van der Waals surface area contributed by atoms with E-state index >= 15 is 0 Å². The van der Waals surface area contributed by atoms with Crippen molar-refractivity contribution in [3.8, 4) is 0 Å². The molecule has 3 heteroatoms. The van der Waals surface area contributed by atoms with E-state index in [9.17, 15) is 4.79 Å². The Hall–Kier alpha value is -1.35. The van der Waals surface area contributed by atoms with Gasteiger partial charge in [0.05, 0.1) is 7.11 Å². The van der Waals surface area contributed by atoms with E-state index in [1.807, 2.05) is 7.05 Å². The molecule has 0 aliphatic carbocycles. The van der Waals surface area contributed by atoms with Gasteiger partial charge in [-0.15, -0.1) is 0 Å². The second-order valence-corrected chi connectivity index (χ2v) is 4.75. The monoisotopic (exact) mass is 249 g/mol. The maximum Gasteiger partial charge on any atom is 0.305 e. The average Bonchev–Trinajstić information content (AvgIpc) is 2.35. The fraction of sp³-hybridized carbons (Fsp3) is 0.533. The number of esters is 1. The zero-order valence-corrected chi connectivity index (χ0v) is 12.0. The van der Waals surface area contributed by atoms with Crippen LogP contribution in [-0.2, 0) is 9.53 Å². The molecule has 1 rings (SSSR count). The van der Waals surface area contributed by atoms with Crippen LogP contribution in [0.5, 0.6) is 0 Å². The molecule has 1 aromatic rings. The lowest BCUT2D eigenvalue weighted by molar-refractivity contribution is -0.140. The molecule has 0 spiro atoms. The maximum atomic E-state index is 11.2. The van der Waals surface area contributed by atoms with E-state index in [1.165, 1.54) is 29.4 Å². The average molecular weight is 249 g/mol. The third kappa shape index (κ3) is 3.57. The van der Waals surface area contributed by atoms with Gasteiger partial charge in [0.25, 0.3) is 0 Å². The topological polar surface area (TPSA) is 38.3 Å². The van der Waals surface area contributed by atoms with E-state index in [-0.39, 0.29) is 12.0 Å². The number of nitrogens with one attached hydrogen (secondary N) is 1. The van der Waals surface area contributed by atoms with Gasteiger partial charge in [-0.25, -0.2) is 0 Å². The molecule has 0 aliphatic rings. The first-order chi connectivity index (χ1) is 8.49. The van der Waals surface area contributed by atoms with Crippen LogP contribution in [0.15, 0.2) is 12.1 Å². The van der Waals surface area contributed by atoms with Gasteiger partial charge in [-0.2, -0.15) is 0 Å². The predicted octanol–water partition coefficient (Wildman–Crippen LogP) is 2.83. The molecule has 18 heavy (non-hydrogen) atoms. The van der Waals surface area contributed by atoms with E-state index < -0.39 is 0 Å². The molecule has 0 aliphatic heterocycles. The van der Waals surface area contributed by atoms with Gasteiger partial charge >= 0.3 is 5.97 Å². The smallest absolute Gasteiger partial charge is 0.305 e. The highest BCUT2D eigenvalue weighted by Gasteiger charge is 2.14. The van der Waals surface area contributed by atoms with Crippen molar-refractivity contribution in [2.75, 3.05) is 14.2 Å². The van der Waals surface area contributed by atoms with E-state index in [2.05, 4.69) is 43.0 Å². The Balaban J connectivity index is 2.88. The molecule has 0 heterocycles. The summed E-state index contributed by atoms with van der Waals surface area (Å²) in [4.78, 5) is 11.2. The number of rotatable bonds is 5. The number of ether oxygens (including phenoxy) is 1. The summed E-state index contributed by atoms with van der Waals surface area (Å²) in [7, 11) is 3.36. The summed E-state index contributed by atoms with van der Waals surface area (Å²) in [6, 6.07) is 4.61. The molecular formula is C15H23NO2. The maximum absolute atomic E-state index is 11.2. The summed E-state index contributed by atoms with van der Waals surface area (Å²) in [5, 5.41) is 3.28. The van der Waals surface area contributed by atoms with Crippen molar-refractivity contribution in [2.24, 2.45) is 0 Å². The van der Waals surface area contributed by atoms with Crippen molar-refractivity contribution < 1.29 is 9.53 Å². The lowest BCUT2D eigenvalue weighted by Crippen LogP contribution is -2.19. The number of hydrogen-bond acceptors (Lipinski definition) is 3. The minimum atomic E-state index is -0.156. The molecule has 100 valence electrons. The number of carbonyl (C=O) groups excluding carboxylic acids is 1. The molecule has 0 radical (unpaired) electrons. The van der Waals surface area contributed by atoms with E-state index in [0.717, 1.165) is 6.42 Å². The molecule has 0 aromatic heterocycles. The fourth-order valence-corrected chi connectivity index (χ4v) is 2.18. The highest BCUT2D eigenvalue weighted by Crippen LogP contribution is 2.25. The van der Waals surface area contributed by atoms with Crippen LogP contribution >= 0.6 is 0 Å². The number of carbonyl (C=O) groups is 1. The zero-order valence-electron chi connectivity index (χ0n) is 12.0. The second-order valence-electron chi connectivity index (χ2n) is 4.75. The first-order valence-corrected chi connectivity index (χ1v) is 6.31. The van der Waals surface area contributed by atoms with Crippen LogP contribution in [0.25, 0.3) is 0 Å². The van der Waals surface area contributed by atoms with Crippen molar-refractivity contribution >= 4 is 5.97 Å². The van der Waals surface area contributed by atoms with Crippen LogP contribution in [-0.4, -0.2) is 20.1 Å². The quantitative estimate of drug-likeness (QED) is 0.815. The number of benzene rings is 1. The van der Waals surface area contributed by atoms with E-state index in [4.69, 9.17) is 0 Å². The van der Waals surface area contributed by atoms with Crippen molar-refractivity contribution in [2.45, 2.75) is 39.7 Å². The van der Waals surface area contributed by atoms with Crippen molar-refractivity contribution in [3.63, 3.8) is 0 Å². The molecule has 1 atom stereocenters. The van der Waals surface area contributed by atoms with Crippen LogP contribution in [0.2, 0.25) is 0 Å². The van der Waals surface area contributed by atoms with Gasteiger partial charge in [-0.1, -0.05) is 12.1 Å². The lowest BCUT2D eigenvalue weighted by atomic mass is 9.93. The molecule has 0 saturated heterocycles. The Morgan fingerprint density at radius 3 is 2.39 bits per heavy atom. The first-order valence-electron chi connectivity index (χ1n) is 6.31. The summed E-state index contributed by atoms with van der Waals surface area (Å²) in [5.41, 5.74) is 5.12. The minimum absolute atomic E-state index is 0.156. The standard InChI is InChI=1S/C15H23NO2/c1-10-8-12(3)13(9-11(10)2)14(16-4)6-7-15(17)18-5/h8-9,14,16H,6-7H2,1-5H3. The largest absolute Gasteiger partial charge is 0.469 e. The van der Waals surface area contributed by atoms with Gasteiger partial charge in [-0.3, -0.25) is 4.79 Å². The predicted molar refractivity (Wildman–Crippen MR) is 73.7 cm³/mol. The van der Waals surface area contributed by atoms with Crippen molar-refractivity contribution in [3.05, 3.63) is 34.4 Å². The fourth-order valence-electron chi connectivity index (χ4n) is 2.18. The van der Waals surface area contributed by atoms with Gasteiger partial charge in [0.2, 0.25) is 0 Å². The summed E-state index contributed by atoms with van der Waals surface area (Å²) in [5.74, 6) is -0.156. The van der Waals surface area contributed by atoms with Crippen LogP contribution in [0.3, 0.4) is 0 Å². The third-order valence-corrected chi connectivity index (χ3v) is 3.47. The number of aryl methyl sites for hydroxylation is 3. The van der Waals surface area contributed by atoms with Gasteiger partial charge < -0.3 is 10.1 Å². The van der Waals surface area contributed by atoms with Gasteiger partial charge in [0.15, 0.2) is 0 Å². The Morgan fingerprint density at radius 1 is 1.22 bits per heavy atom. The number of hydrogen-bond donors (Lipinski definition) is 1. The molecule has 0 fully saturated rings. The molecular weight excluding hydrogens is 226 g/mol. The summed E-state index contributed by atoms with van der Waals surface area (Å²) in [6.45, 7) is 6.35. The second kappa shape index (κ2) is 6.55. The molecule has 0 bridgehead atoms. The van der Waals surface area contributed by atoms with E-state index in [0.29, 0.717) is 6.42 Å². The molecule has 1 N–H and O–H groups in total. The number of methoxy groups -OCH3 is 1. The molecule has 3 nitrogen and oxygen atoms in total. The Bertz CT molecular complexity index is 427. The molecule has 0 amide bonds. The molecule has 1 unspecified atom stereocenters. The van der Waals surface area contributed by atoms with Gasteiger partial charge in [0.1, 0.15) is 0 Å². The Labute approximate surface area is 110 Å². The Kier molecular flexibility index (Phi) is 5.35. The van der Waals surface area contributed by atoms with Crippen molar-refractivity contribution in [1.82, 2.24) is 5.32 Å². The molecule has 0 saturated carbocycles. The summed E-state index contributed by atoms with van der Waals surface area (Å²) >= 11 is 0. The SMILES string of the molecule is CNC(CCC(=O)OC)c1cc(C)c(C)cc1C. The van der Waals surface area contributed by atoms with E-state index in [1.54, 1.807) is 0 Å². The molecule has 1 aromatic carbocycles. The van der Waals surface area contributed by atoms with Gasteiger partial charge in [0, 0.05) is 12.5 Å². The summed E-state index contributed by atoms with van der Waals surface area (Å²) < 4.78 is 4.69. The zero-order chi connectivity index (χ0) is 13.7. The normalized spacial score (nSPS) is 12.3. The van der Waals surface area contributed by atoms with Crippen molar-refractivity contribution in [1.29, 1.82) is 0 Å². The minimum Gasteiger partial charge on any atom is -0.469 e. The van der Waals surface area contributed by atoms with Crippen LogP contribution < -0.4 is 5.32 Å². The van der Waals surface area contributed by atoms with Gasteiger partial charge in [-0.05, 0) is 56.5 Å². The third-order valence-electron chi connectivity index (χ3n) is 3.47. The summed E-state index contributed by atoms with van der Waals surface area (Å²) in [6.07, 6.45) is 1.20.